The van der Waals surface area contributed by atoms with E-state index >= 15 is 0 Å². The van der Waals surface area contributed by atoms with E-state index in [1.165, 1.54) is 183 Å². The Morgan fingerprint density at radius 3 is 1.20 bits per heavy atom. The van der Waals surface area contributed by atoms with Crippen LogP contribution in [0.25, 0.3) is 133 Å². The molecule has 0 saturated heterocycles. The van der Waals surface area contributed by atoms with E-state index in [4.69, 9.17) is 4.42 Å². The number of nitrogens with zero attached hydrogens (tertiary/aromatic N) is 12. The second-order valence-corrected chi connectivity index (χ2v) is 34.7. The second kappa shape index (κ2) is 28.8. The van der Waals surface area contributed by atoms with E-state index in [9.17, 15) is 0 Å². The molecular formula is C102H99N12OS+3. The highest BCUT2D eigenvalue weighted by molar-refractivity contribution is 7.26. The fourth-order valence-electron chi connectivity index (χ4n) is 19.0. The van der Waals surface area contributed by atoms with Crippen molar-refractivity contribution in [2.75, 3.05) is 0 Å². The lowest BCUT2D eigenvalue weighted by Gasteiger charge is -2.20. The zero-order chi connectivity index (χ0) is 80.0. The molecule has 0 N–H and O–H groups in total. The van der Waals surface area contributed by atoms with Gasteiger partial charge in [0, 0.05) is 121 Å². The highest BCUT2D eigenvalue weighted by atomic mass is 32.1. The van der Waals surface area contributed by atoms with E-state index in [-0.39, 0.29) is 5.92 Å². The van der Waals surface area contributed by atoms with Crippen LogP contribution in [0.5, 0.6) is 0 Å². The molecule has 13 nitrogen and oxygen atoms in total. The van der Waals surface area contributed by atoms with Gasteiger partial charge in [-0.1, -0.05) is 184 Å². The predicted octanol–water partition coefficient (Wildman–Crippen LogP) is 23.3. The second-order valence-electron chi connectivity index (χ2n) is 33.6. The van der Waals surface area contributed by atoms with Crippen LogP contribution in [0.3, 0.4) is 0 Å². The number of rotatable bonds is 13. The molecule has 0 radical (unpaired) electrons. The Kier molecular flexibility index (Phi) is 18.3. The summed E-state index contributed by atoms with van der Waals surface area (Å²) < 4.78 is 30.2. The van der Waals surface area contributed by atoms with E-state index in [2.05, 4.69) is 393 Å². The van der Waals surface area contributed by atoms with Gasteiger partial charge in [0.1, 0.15) is 82.9 Å². The first kappa shape index (κ1) is 73.6. The van der Waals surface area contributed by atoms with Crippen molar-refractivity contribution in [2.24, 2.45) is 21.1 Å². The molecule has 0 atom stereocenters. The predicted molar refractivity (Wildman–Crippen MR) is 473 cm³/mol. The maximum Gasteiger partial charge on any atom is 0.294 e. The van der Waals surface area contributed by atoms with Gasteiger partial charge in [0.15, 0.2) is 0 Å². The zero-order valence-corrected chi connectivity index (χ0v) is 70.1. The Morgan fingerprint density at radius 2 is 0.767 bits per heavy atom. The zero-order valence-electron chi connectivity index (χ0n) is 69.3. The van der Waals surface area contributed by atoms with Gasteiger partial charge >= 0.3 is 0 Å². The Hall–Kier alpha value is -12.5. The number of imidazole rings is 6. The molecule has 10 aromatic carbocycles. The van der Waals surface area contributed by atoms with Crippen molar-refractivity contribution >= 4 is 53.4 Å². The summed E-state index contributed by atoms with van der Waals surface area (Å²) >= 11 is 1.94. The summed E-state index contributed by atoms with van der Waals surface area (Å²) in [5, 5.41) is 5.15. The molecule has 3 aliphatic heterocycles. The summed E-state index contributed by atoms with van der Waals surface area (Å²) in [6, 6.07) is 62.0. The highest BCUT2D eigenvalue weighted by Gasteiger charge is 2.38. The molecule has 21 rings (SSSR count). The van der Waals surface area contributed by atoms with Gasteiger partial charge in [0.2, 0.25) is 0 Å². The van der Waals surface area contributed by atoms with Crippen molar-refractivity contribution in [3.8, 4) is 90.5 Å². The van der Waals surface area contributed by atoms with Gasteiger partial charge in [-0.2, -0.15) is 13.7 Å². The average Bonchev–Trinajstić information content (AvgIpc) is 1.55. The molecule has 11 heterocycles. The summed E-state index contributed by atoms with van der Waals surface area (Å²) in [7, 11) is 6.49. The van der Waals surface area contributed by atoms with Crippen LogP contribution in [-0.2, 0) is 40.4 Å². The van der Waals surface area contributed by atoms with Crippen LogP contribution in [-0.4, -0.2) is 42.4 Å². The van der Waals surface area contributed by atoms with Gasteiger partial charge < -0.3 is 18.1 Å². The van der Waals surface area contributed by atoms with Crippen LogP contribution in [0, 0.1) is 20.8 Å². The number of benzene rings is 10. The summed E-state index contributed by atoms with van der Waals surface area (Å²) in [5.74, 6) is 8.69. The number of aromatic nitrogens is 12. The first-order valence-corrected chi connectivity index (χ1v) is 42.0. The Balaban J connectivity index is 0.000000116. The fourth-order valence-corrected chi connectivity index (χ4v) is 20.4. The van der Waals surface area contributed by atoms with Crippen molar-refractivity contribution in [2.45, 2.75) is 139 Å². The number of furan rings is 1. The molecule has 0 fully saturated rings. The Labute approximate surface area is 683 Å². The lowest BCUT2D eigenvalue weighted by molar-refractivity contribution is -0.659. The monoisotopic (exact) mass is 1540 g/mol. The van der Waals surface area contributed by atoms with Crippen molar-refractivity contribution in [1.82, 2.24) is 42.4 Å². The van der Waals surface area contributed by atoms with Gasteiger partial charge in [-0.15, -0.1) is 11.3 Å². The quantitative estimate of drug-likeness (QED) is 0.108. The minimum absolute atomic E-state index is 0.278. The lowest BCUT2D eigenvalue weighted by Crippen LogP contribution is -2.30. The van der Waals surface area contributed by atoms with Crippen LogP contribution in [0.1, 0.15) is 177 Å². The van der Waals surface area contributed by atoms with Crippen LogP contribution < -0.4 is 13.7 Å². The van der Waals surface area contributed by atoms with Gasteiger partial charge in [0.05, 0.1) is 54.9 Å². The van der Waals surface area contributed by atoms with Crippen molar-refractivity contribution in [1.29, 1.82) is 0 Å². The summed E-state index contributed by atoms with van der Waals surface area (Å²) in [4.78, 5) is 13.9. The van der Waals surface area contributed by atoms with Crippen LogP contribution in [0.4, 0.5) is 0 Å². The van der Waals surface area contributed by atoms with Crippen LogP contribution >= 0.6 is 11.3 Å². The molecule has 0 aliphatic carbocycles. The number of thiophene rings is 1. The normalized spacial score (nSPS) is 12.6. The number of hydrogen-bond donors (Lipinski definition) is 0. The topological polar surface area (TPSA) is 93.0 Å². The molecule has 116 heavy (non-hydrogen) atoms. The van der Waals surface area contributed by atoms with Crippen molar-refractivity contribution in [3.05, 3.63) is 323 Å². The summed E-state index contributed by atoms with van der Waals surface area (Å²) in [6.07, 6.45) is 27.7. The Bertz CT molecular complexity index is 6590. The smallest absolute Gasteiger partial charge is 0.294 e. The third-order valence-electron chi connectivity index (χ3n) is 24.6. The van der Waals surface area contributed by atoms with E-state index < -0.39 is 0 Å². The molecule has 0 unspecified atom stereocenters. The molecule has 0 spiro atoms. The highest BCUT2D eigenvalue weighted by Crippen LogP contribution is 2.50. The van der Waals surface area contributed by atoms with E-state index in [1.54, 1.807) is 0 Å². The van der Waals surface area contributed by atoms with Crippen molar-refractivity contribution < 1.29 is 18.1 Å². The number of aryl methyl sites for hydroxylation is 6. The van der Waals surface area contributed by atoms with E-state index in [0.29, 0.717) is 23.7 Å². The number of fused-ring (bicyclic) bond motifs is 15. The van der Waals surface area contributed by atoms with Gasteiger partial charge in [-0.3, -0.25) is 0 Å². The first-order chi connectivity index (χ1) is 56.2. The molecule has 8 aromatic heterocycles. The molecule has 18 aromatic rings. The maximum atomic E-state index is 6.59. The average molecular weight is 1540 g/mol. The summed E-state index contributed by atoms with van der Waals surface area (Å²) in [5.41, 5.74) is 32.9. The SMILES string of the molecule is Cc1ccc2c(c1-c1n(-c3c(-c4ccccc4)cc(C(C)C)cc3-c3ccccc3)cc[n+]1C)Cc1nccn1-2.Cc1ccc2c(c1-c1n(-c3c(C(C)C)cc4c(oc5ccccc54)c3C(C)C)cc[n+]1C)Cc1nccn1-2.Cc1ccc2c(c1-c1n(-c3c(C(C)C)cc4c(sc5ccccc54)c3C(C)C)cc[n+]1C)Cc1nccn1-2. The van der Waals surface area contributed by atoms with E-state index in [1.807, 2.05) is 29.9 Å². The van der Waals surface area contributed by atoms with Crippen LogP contribution in [0.2, 0.25) is 0 Å². The van der Waals surface area contributed by atoms with Crippen molar-refractivity contribution in [3.63, 3.8) is 0 Å². The minimum atomic E-state index is 0.278. The maximum absolute atomic E-state index is 6.59. The molecule has 576 valence electrons. The minimum Gasteiger partial charge on any atom is -0.456 e. The number of para-hydroxylation sites is 1. The standard InChI is InChI=1S/C36H33N4.C33H33N4O.C33H33N4S/c1-24(2)28-21-29(26-11-7-5-8-12-26)35(30(22-28)27-13-9-6-10-14-27)40-20-19-38(4)36(40)34-25(3)15-16-32-31(34)23-33-37-17-18-39(32)33;2*1-19(2)23-17-24-22-9-7-8-10-27(22)38-32(24)29(20(3)4)31(23)37-16-15-35(6)33(37)30-21(5)11-12-26-25(30)18-28-34-13-14-36(26)28/h5-22,24H,23H2,1-4H3;2*7-17,19-20H,18H2,1-6H3/q3*+1. The first-order valence-electron chi connectivity index (χ1n) is 41.1. The molecule has 3 aliphatic rings. The molecule has 14 heteroatoms. The third-order valence-corrected chi connectivity index (χ3v) is 25.8. The van der Waals surface area contributed by atoms with Crippen LogP contribution in [0.15, 0.2) is 249 Å². The van der Waals surface area contributed by atoms with E-state index in [0.717, 1.165) is 47.9 Å². The largest absolute Gasteiger partial charge is 0.456 e. The number of hydrogen-bond acceptors (Lipinski definition) is 5. The Morgan fingerprint density at radius 1 is 0.371 bits per heavy atom. The van der Waals surface area contributed by atoms with Gasteiger partial charge in [-0.25, -0.2) is 28.7 Å². The molecule has 0 saturated carbocycles. The third kappa shape index (κ3) is 11.9. The molecule has 0 amide bonds. The fraction of sp³-hybridized carbons (Fsp3) is 0.235. The lowest BCUT2D eigenvalue weighted by atomic mass is 9.89. The van der Waals surface area contributed by atoms with Gasteiger partial charge in [0.25, 0.3) is 17.5 Å². The summed E-state index contributed by atoms with van der Waals surface area (Å²) in [6.45, 7) is 29.8. The molecular weight excluding hydrogens is 1440 g/mol. The van der Waals surface area contributed by atoms with Gasteiger partial charge in [-0.05, 0) is 155 Å². The molecule has 0 bridgehead atoms.